The van der Waals surface area contributed by atoms with Crippen LogP contribution in [0.15, 0.2) is 60.2 Å². The average Bonchev–Trinajstić information content (AvgIpc) is 2.54. The van der Waals surface area contributed by atoms with Gasteiger partial charge in [-0.05, 0) is 42.5 Å². The van der Waals surface area contributed by atoms with Gasteiger partial charge in [0, 0.05) is 0 Å². The first-order chi connectivity index (χ1) is 10.8. The molecule has 0 bridgehead atoms. The quantitative estimate of drug-likeness (QED) is 0.593. The highest BCUT2D eigenvalue weighted by Crippen LogP contribution is 2.20. The number of allylic oxidation sites excluding steroid dienone is 1. The SMILES string of the molecule is CCCCCC/C(=C\c1ccccc1)Cc1ccc(O)cc1. The summed E-state index contributed by atoms with van der Waals surface area (Å²) in [6.07, 6.45) is 9.58. The van der Waals surface area contributed by atoms with E-state index in [2.05, 4.69) is 43.3 Å². The van der Waals surface area contributed by atoms with Crippen LogP contribution in [-0.4, -0.2) is 5.11 Å². The summed E-state index contributed by atoms with van der Waals surface area (Å²) in [5, 5.41) is 9.41. The molecule has 0 aliphatic heterocycles. The monoisotopic (exact) mass is 294 g/mol. The second-order valence-corrected chi connectivity index (χ2v) is 5.87. The molecule has 0 radical (unpaired) electrons. The van der Waals surface area contributed by atoms with E-state index in [1.807, 2.05) is 12.1 Å². The topological polar surface area (TPSA) is 20.2 Å². The van der Waals surface area contributed by atoms with E-state index in [0.717, 1.165) is 12.8 Å². The van der Waals surface area contributed by atoms with Gasteiger partial charge in [-0.1, -0.05) is 80.3 Å². The fraction of sp³-hybridized carbons (Fsp3) is 0.333. The summed E-state index contributed by atoms with van der Waals surface area (Å²) in [6, 6.07) is 18.1. The highest BCUT2D eigenvalue weighted by Gasteiger charge is 2.02. The minimum Gasteiger partial charge on any atom is -0.508 e. The van der Waals surface area contributed by atoms with Crippen LogP contribution < -0.4 is 0 Å². The molecular weight excluding hydrogens is 268 g/mol. The van der Waals surface area contributed by atoms with Crippen molar-refractivity contribution in [2.45, 2.75) is 45.4 Å². The van der Waals surface area contributed by atoms with E-state index in [4.69, 9.17) is 0 Å². The molecular formula is C21H26O. The van der Waals surface area contributed by atoms with Crippen LogP contribution in [0.25, 0.3) is 6.08 Å². The van der Waals surface area contributed by atoms with Gasteiger partial charge in [-0.2, -0.15) is 0 Å². The van der Waals surface area contributed by atoms with Crippen LogP contribution in [-0.2, 0) is 6.42 Å². The van der Waals surface area contributed by atoms with Crippen LogP contribution in [0.5, 0.6) is 5.75 Å². The zero-order chi connectivity index (χ0) is 15.6. The van der Waals surface area contributed by atoms with Gasteiger partial charge >= 0.3 is 0 Å². The Morgan fingerprint density at radius 2 is 1.64 bits per heavy atom. The first kappa shape index (κ1) is 16.4. The number of hydrogen-bond donors (Lipinski definition) is 1. The van der Waals surface area contributed by atoms with E-state index in [1.165, 1.54) is 42.4 Å². The predicted octanol–water partition coefficient (Wildman–Crippen LogP) is 5.99. The van der Waals surface area contributed by atoms with Gasteiger partial charge in [0.2, 0.25) is 0 Å². The number of rotatable bonds is 8. The Bertz CT molecular complexity index is 567. The molecule has 2 aromatic carbocycles. The lowest BCUT2D eigenvalue weighted by molar-refractivity contribution is 0.475. The van der Waals surface area contributed by atoms with E-state index >= 15 is 0 Å². The van der Waals surface area contributed by atoms with Crippen LogP contribution in [0.2, 0.25) is 0 Å². The van der Waals surface area contributed by atoms with Gasteiger partial charge < -0.3 is 5.11 Å². The molecule has 0 saturated heterocycles. The van der Waals surface area contributed by atoms with Crippen molar-refractivity contribution in [1.82, 2.24) is 0 Å². The number of aromatic hydroxyl groups is 1. The van der Waals surface area contributed by atoms with Crippen molar-refractivity contribution in [3.05, 3.63) is 71.3 Å². The molecule has 0 atom stereocenters. The molecule has 0 aliphatic carbocycles. The van der Waals surface area contributed by atoms with Crippen LogP contribution >= 0.6 is 0 Å². The second kappa shape index (κ2) is 9.09. The number of unbranched alkanes of at least 4 members (excludes halogenated alkanes) is 3. The Kier molecular flexibility index (Phi) is 6.76. The van der Waals surface area contributed by atoms with Crippen molar-refractivity contribution in [1.29, 1.82) is 0 Å². The standard InChI is InChI=1S/C21H26O/c1-2-3-4-6-11-20(16-18-9-7-5-8-10-18)17-19-12-14-21(22)15-13-19/h5,7-10,12-16,22H,2-4,6,11,17H2,1H3/b20-16+. The lowest BCUT2D eigenvalue weighted by Gasteiger charge is -2.09. The van der Waals surface area contributed by atoms with Crippen LogP contribution in [0, 0.1) is 0 Å². The Hall–Kier alpha value is -2.02. The summed E-state index contributed by atoms with van der Waals surface area (Å²) in [7, 11) is 0. The highest BCUT2D eigenvalue weighted by atomic mass is 16.3. The molecule has 1 nitrogen and oxygen atoms in total. The van der Waals surface area contributed by atoms with E-state index in [-0.39, 0.29) is 0 Å². The molecule has 0 aromatic heterocycles. The Morgan fingerprint density at radius 3 is 2.32 bits per heavy atom. The molecule has 0 heterocycles. The maximum absolute atomic E-state index is 9.41. The third-order valence-electron chi connectivity index (χ3n) is 3.89. The minimum absolute atomic E-state index is 0.334. The largest absolute Gasteiger partial charge is 0.508 e. The number of phenolic OH excluding ortho intramolecular Hbond substituents is 1. The molecule has 0 aliphatic rings. The maximum Gasteiger partial charge on any atom is 0.115 e. The third-order valence-corrected chi connectivity index (χ3v) is 3.89. The van der Waals surface area contributed by atoms with Crippen molar-refractivity contribution in [3.63, 3.8) is 0 Å². The first-order valence-electron chi connectivity index (χ1n) is 8.30. The fourth-order valence-corrected chi connectivity index (χ4v) is 2.65. The first-order valence-corrected chi connectivity index (χ1v) is 8.30. The molecule has 0 fully saturated rings. The average molecular weight is 294 g/mol. The van der Waals surface area contributed by atoms with Gasteiger partial charge in [0.15, 0.2) is 0 Å². The van der Waals surface area contributed by atoms with Crippen molar-refractivity contribution < 1.29 is 5.11 Å². The maximum atomic E-state index is 9.41. The zero-order valence-corrected chi connectivity index (χ0v) is 13.5. The van der Waals surface area contributed by atoms with Gasteiger partial charge in [0.1, 0.15) is 5.75 Å². The third kappa shape index (κ3) is 5.77. The van der Waals surface area contributed by atoms with Gasteiger partial charge in [-0.15, -0.1) is 0 Å². The molecule has 0 unspecified atom stereocenters. The Morgan fingerprint density at radius 1 is 0.909 bits per heavy atom. The van der Waals surface area contributed by atoms with Crippen molar-refractivity contribution in [2.24, 2.45) is 0 Å². The lowest BCUT2D eigenvalue weighted by atomic mass is 9.97. The molecule has 0 saturated carbocycles. The number of benzene rings is 2. The minimum atomic E-state index is 0.334. The number of phenols is 1. The summed E-state index contributed by atoms with van der Waals surface area (Å²) >= 11 is 0. The van der Waals surface area contributed by atoms with Gasteiger partial charge in [-0.3, -0.25) is 0 Å². The molecule has 2 aromatic rings. The Labute approximate surface area is 134 Å². The molecule has 0 spiro atoms. The molecule has 22 heavy (non-hydrogen) atoms. The van der Waals surface area contributed by atoms with Crippen LogP contribution in [0.4, 0.5) is 0 Å². The van der Waals surface area contributed by atoms with Gasteiger partial charge in [0.05, 0.1) is 0 Å². The summed E-state index contributed by atoms with van der Waals surface area (Å²) in [5.74, 6) is 0.334. The molecule has 2 rings (SSSR count). The highest BCUT2D eigenvalue weighted by molar-refractivity contribution is 5.53. The summed E-state index contributed by atoms with van der Waals surface area (Å²) in [5.41, 5.74) is 4.00. The normalized spacial score (nSPS) is 11.6. The molecule has 1 heteroatoms. The molecule has 0 amide bonds. The van der Waals surface area contributed by atoms with E-state index < -0.39 is 0 Å². The summed E-state index contributed by atoms with van der Waals surface area (Å²) in [6.45, 7) is 2.25. The van der Waals surface area contributed by atoms with Crippen LogP contribution in [0.3, 0.4) is 0 Å². The molecule has 116 valence electrons. The van der Waals surface area contributed by atoms with E-state index in [0.29, 0.717) is 5.75 Å². The van der Waals surface area contributed by atoms with Gasteiger partial charge in [-0.25, -0.2) is 0 Å². The van der Waals surface area contributed by atoms with E-state index in [1.54, 1.807) is 12.1 Å². The smallest absolute Gasteiger partial charge is 0.115 e. The Balaban J connectivity index is 2.07. The van der Waals surface area contributed by atoms with E-state index in [9.17, 15) is 5.11 Å². The summed E-state index contributed by atoms with van der Waals surface area (Å²) in [4.78, 5) is 0. The van der Waals surface area contributed by atoms with Crippen LogP contribution in [0.1, 0.15) is 50.2 Å². The van der Waals surface area contributed by atoms with Gasteiger partial charge in [0.25, 0.3) is 0 Å². The zero-order valence-electron chi connectivity index (χ0n) is 13.5. The lowest BCUT2D eigenvalue weighted by Crippen LogP contribution is -1.92. The molecule has 1 N–H and O–H groups in total. The summed E-state index contributed by atoms with van der Waals surface area (Å²) < 4.78 is 0. The predicted molar refractivity (Wildman–Crippen MR) is 95.0 cm³/mol. The second-order valence-electron chi connectivity index (χ2n) is 5.87. The number of hydrogen-bond acceptors (Lipinski definition) is 1. The van der Waals surface area contributed by atoms with Crippen molar-refractivity contribution in [2.75, 3.05) is 0 Å². The van der Waals surface area contributed by atoms with Crippen molar-refractivity contribution in [3.8, 4) is 5.75 Å². The fourth-order valence-electron chi connectivity index (χ4n) is 2.65. The van der Waals surface area contributed by atoms with Crippen molar-refractivity contribution >= 4 is 6.08 Å².